The highest BCUT2D eigenvalue weighted by Crippen LogP contribution is 2.27. The standard InChI is InChI=1S/C17H20BrN/c1-13(2)15(14-8-4-3-5-9-14)12-19-17-11-7-6-10-16(17)18/h3-11,13,15,19H,12H2,1-2H3. The van der Waals surface area contributed by atoms with Gasteiger partial charge in [-0.3, -0.25) is 0 Å². The molecule has 0 bridgehead atoms. The molecule has 2 aromatic rings. The van der Waals surface area contributed by atoms with E-state index < -0.39 is 0 Å². The van der Waals surface area contributed by atoms with Gasteiger partial charge in [0.25, 0.3) is 0 Å². The average molecular weight is 318 g/mol. The third kappa shape index (κ3) is 3.84. The van der Waals surface area contributed by atoms with Gasteiger partial charge in [-0.25, -0.2) is 0 Å². The molecular formula is C17H20BrN. The lowest BCUT2D eigenvalue weighted by molar-refractivity contribution is 0.517. The Morgan fingerprint density at radius 2 is 1.58 bits per heavy atom. The van der Waals surface area contributed by atoms with Gasteiger partial charge in [0, 0.05) is 22.6 Å². The van der Waals surface area contributed by atoms with Gasteiger partial charge in [-0.15, -0.1) is 0 Å². The Morgan fingerprint density at radius 1 is 0.947 bits per heavy atom. The summed E-state index contributed by atoms with van der Waals surface area (Å²) >= 11 is 3.58. The molecule has 0 radical (unpaired) electrons. The highest BCUT2D eigenvalue weighted by molar-refractivity contribution is 9.10. The van der Waals surface area contributed by atoms with E-state index >= 15 is 0 Å². The summed E-state index contributed by atoms with van der Waals surface area (Å²) in [5, 5.41) is 3.55. The van der Waals surface area contributed by atoms with Crippen LogP contribution in [-0.2, 0) is 0 Å². The van der Waals surface area contributed by atoms with Crippen LogP contribution in [0.25, 0.3) is 0 Å². The molecule has 2 rings (SSSR count). The predicted molar refractivity (Wildman–Crippen MR) is 86.7 cm³/mol. The van der Waals surface area contributed by atoms with E-state index in [-0.39, 0.29) is 0 Å². The van der Waals surface area contributed by atoms with Crippen LogP contribution in [0.2, 0.25) is 0 Å². The van der Waals surface area contributed by atoms with E-state index in [0.29, 0.717) is 11.8 Å². The van der Waals surface area contributed by atoms with Crippen molar-refractivity contribution >= 4 is 21.6 Å². The summed E-state index contributed by atoms with van der Waals surface area (Å²) < 4.78 is 1.12. The molecule has 0 aliphatic carbocycles. The van der Waals surface area contributed by atoms with Gasteiger partial charge in [-0.2, -0.15) is 0 Å². The maximum absolute atomic E-state index is 3.58. The summed E-state index contributed by atoms with van der Waals surface area (Å²) in [5.41, 5.74) is 2.56. The van der Waals surface area contributed by atoms with Crippen LogP contribution in [0.1, 0.15) is 25.3 Å². The highest BCUT2D eigenvalue weighted by Gasteiger charge is 2.15. The first-order chi connectivity index (χ1) is 9.18. The summed E-state index contributed by atoms with van der Waals surface area (Å²) in [7, 11) is 0. The summed E-state index contributed by atoms with van der Waals surface area (Å²) in [6.07, 6.45) is 0. The van der Waals surface area contributed by atoms with E-state index in [1.807, 2.05) is 6.07 Å². The van der Waals surface area contributed by atoms with Crippen molar-refractivity contribution in [3.8, 4) is 0 Å². The smallest absolute Gasteiger partial charge is 0.0484 e. The Hall–Kier alpha value is -1.28. The normalized spacial score (nSPS) is 12.4. The molecule has 0 aliphatic rings. The second-order valence-corrected chi connectivity index (χ2v) is 5.98. The molecule has 1 unspecified atom stereocenters. The zero-order valence-corrected chi connectivity index (χ0v) is 13.0. The Labute approximate surface area is 124 Å². The van der Waals surface area contributed by atoms with Crippen molar-refractivity contribution in [2.75, 3.05) is 11.9 Å². The topological polar surface area (TPSA) is 12.0 Å². The molecule has 2 aromatic carbocycles. The second-order valence-electron chi connectivity index (χ2n) is 5.12. The summed E-state index contributed by atoms with van der Waals surface area (Å²) in [6, 6.07) is 19.0. The van der Waals surface area contributed by atoms with E-state index in [1.165, 1.54) is 5.56 Å². The Morgan fingerprint density at radius 3 is 2.21 bits per heavy atom. The lowest BCUT2D eigenvalue weighted by atomic mass is 9.88. The molecule has 1 atom stereocenters. The number of anilines is 1. The fraction of sp³-hybridized carbons (Fsp3) is 0.294. The van der Waals surface area contributed by atoms with Crippen molar-refractivity contribution in [3.63, 3.8) is 0 Å². The molecule has 1 N–H and O–H groups in total. The zero-order chi connectivity index (χ0) is 13.7. The fourth-order valence-corrected chi connectivity index (χ4v) is 2.69. The Kier molecular flexibility index (Phi) is 5.03. The van der Waals surface area contributed by atoms with Crippen molar-refractivity contribution in [1.29, 1.82) is 0 Å². The SMILES string of the molecule is CC(C)C(CNc1ccccc1Br)c1ccccc1. The number of para-hydroxylation sites is 1. The molecule has 1 nitrogen and oxygen atoms in total. The second kappa shape index (κ2) is 6.76. The van der Waals surface area contributed by atoms with Crippen LogP contribution < -0.4 is 5.32 Å². The first-order valence-corrected chi connectivity index (χ1v) is 7.51. The van der Waals surface area contributed by atoms with Crippen LogP contribution in [0.5, 0.6) is 0 Å². The number of rotatable bonds is 5. The molecule has 2 heteroatoms. The summed E-state index contributed by atoms with van der Waals surface area (Å²) in [6.45, 7) is 5.50. The largest absolute Gasteiger partial charge is 0.384 e. The van der Waals surface area contributed by atoms with Gasteiger partial charge in [-0.1, -0.05) is 56.3 Å². The number of nitrogens with one attached hydrogen (secondary N) is 1. The molecule has 0 saturated carbocycles. The molecule has 19 heavy (non-hydrogen) atoms. The number of hydrogen-bond acceptors (Lipinski definition) is 1. The minimum atomic E-state index is 0.522. The number of halogens is 1. The van der Waals surface area contributed by atoms with E-state index in [0.717, 1.165) is 16.7 Å². The van der Waals surface area contributed by atoms with E-state index in [2.05, 4.69) is 83.6 Å². The minimum Gasteiger partial charge on any atom is -0.384 e. The van der Waals surface area contributed by atoms with Gasteiger partial charge in [0.05, 0.1) is 0 Å². The van der Waals surface area contributed by atoms with Crippen LogP contribution in [-0.4, -0.2) is 6.54 Å². The lowest BCUT2D eigenvalue weighted by Gasteiger charge is -2.22. The molecule has 0 heterocycles. The van der Waals surface area contributed by atoms with Crippen LogP contribution in [0.4, 0.5) is 5.69 Å². The molecule has 0 spiro atoms. The lowest BCUT2D eigenvalue weighted by Crippen LogP contribution is -2.17. The summed E-state index contributed by atoms with van der Waals surface area (Å²) in [4.78, 5) is 0. The number of hydrogen-bond donors (Lipinski definition) is 1. The van der Waals surface area contributed by atoms with Crippen molar-refractivity contribution in [1.82, 2.24) is 0 Å². The van der Waals surface area contributed by atoms with Gasteiger partial charge in [0.2, 0.25) is 0 Å². The van der Waals surface area contributed by atoms with E-state index in [1.54, 1.807) is 0 Å². The highest BCUT2D eigenvalue weighted by atomic mass is 79.9. The number of benzene rings is 2. The van der Waals surface area contributed by atoms with E-state index in [9.17, 15) is 0 Å². The molecule has 0 fully saturated rings. The van der Waals surface area contributed by atoms with Gasteiger partial charge in [0.1, 0.15) is 0 Å². The van der Waals surface area contributed by atoms with E-state index in [4.69, 9.17) is 0 Å². The average Bonchev–Trinajstić information content (AvgIpc) is 2.42. The first kappa shape index (κ1) is 14.1. The van der Waals surface area contributed by atoms with Crippen LogP contribution in [0, 0.1) is 5.92 Å². The first-order valence-electron chi connectivity index (χ1n) is 6.72. The quantitative estimate of drug-likeness (QED) is 0.789. The zero-order valence-electron chi connectivity index (χ0n) is 11.4. The monoisotopic (exact) mass is 317 g/mol. The molecule has 0 saturated heterocycles. The van der Waals surface area contributed by atoms with Gasteiger partial charge >= 0.3 is 0 Å². The molecule has 0 aliphatic heterocycles. The van der Waals surface area contributed by atoms with Crippen molar-refractivity contribution < 1.29 is 0 Å². The van der Waals surface area contributed by atoms with Gasteiger partial charge in [0.15, 0.2) is 0 Å². The van der Waals surface area contributed by atoms with Crippen molar-refractivity contribution in [3.05, 3.63) is 64.6 Å². The summed E-state index contributed by atoms with van der Waals surface area (Å²) in [5.74, 6) is 1.13. The predicted octanol–water partition coefficient (Wildman–Crippen LogP) is 5.30. The van der Waals surface area contributed by atoms with Crippen molar-refractivity contribution in [2.45, 2.75) is 19.8 Å². The molecule has 0 aromatic heterocycles. The maximum Gasteiger partial charge on any atom is 0.0484 e. The Balaban J connectivity index is 2.09. The third-order valence-corrected chi connectivity index (χ3v) is 4.11. The van der Waals surface area contributed by atoms with Crippen LogP contribution >= 0.6 is 15.9 Å². The van der Waals surface area contributed by atoms with Gasteiger partial charge in [-0.05, 0) is 39.5 Å². The van der Waals surface area contributed by atoms with Gasteiger partial charge < -0.3 is 5.32 Å². The van der Waals surface area contributed by atoms with Crippen LogP contribution in [0.3, 0.4) is 0 Å². The molecular weight excluding hydrogens is 298 g/mol. The molecule has 0 amide bonds. The fourth-order valence-electron chi connectivity index (χ4n) is 2.26. The third-order valence-electron chi connectivity index (χ3n) is 3.42. The maximum atomic E-state index is 3.58. The van der Waals surface area contributed by atoms with Crippen LogP contribution in [0.15, 0.2) is 59.1 Å². The Bertz CT molecular complexity index is 508. The van der Waals surface area contributed by atoms with Crippen molar-refractivity contribution in [2.24, 2.45) is 5.92 Å². The minimum absolute atomic E-state index is 0.522. The molecule has 100 valence electrons.